The fourth-order valence-electron chi connectivity index (χ4n) is 3.83. The van der Waals surface area contributed by atoms with Gasteiger partial charge in [0.1, 0.15) is 23.3 Å². The lowest BCUT2D eigenvalue weighted by molar-refractivity contribution is -0.132. The topological polar surface area (TPSA) is 70.8 Å². The fraction of sp³-hybridized carbons (Fsp3) is 0.167. The zero-order chi connectivity index (χ0) is 22.4. The summed E-state index contributed by atoms with van der Waals surface area (Å²) >= 11 is 12.1. The van der Waals surface area contributed by atoms with Crippen LogP contribution in [0.1, 0.15) is 34.3 Å². The number of aliphatic hydroxyl groups excluding tert-OH is 1. The van der Waals surface area contributed by atoms with E-state index in [0.29, 0.717) is 22.2 Å². The normalized spacial score (nSPS) is 18.1. The average Bonchev–Trinajstić information content (AvgIpc) is 3.25. The molecule has 2 heterocycles. The molecule has 5 nitrogen and oxygen atoms in total. The van der Waals surface area contributed by atoms with E-state index in [1.807, 2.05) is 26.0 Å². The van der Waals surface area contributed by atoms with E-state index in [9.17, 15) is 14.7 Å². The van der Waals surface area contributed by atoms with Crippen molar-refractivity contribution in [3.8, 4) is 0 Å². The predicted octanol–water partition coefficient (Wildman–Crippen LogP) is 6.14. The van der Waals surface area contributed by atoms with Gasteiger partial charge in [-0.3, -0.25) is 14.5 Å². The van der Waals surface area contributed by atoms with Crippen molar-refractivity contribution >= 4 is 46.3 Å². The molecule has 1 aliphatic heterocycles. The molecule has 7 heteroatoms. The van der Waals surface area contributed by atoms with Crippen molar-refractivity contribution in [2.24, 2.45) is 0 Å². The van der Waals surface area contributed by atoms with Crippen molar-refractivity contribution in [3.05, 3.63) is 92.4 Å². The van der Waals surface area contributed by atoms with Gasteiger partial charge in [0.15, 0.2) is 0 Å². The van der Waals surface area contributed by atoms with Gasteiger partial charge in [-0.2, -0.15) is 0 Å². The van der Waals surface area contributed by atoms with Crippen LogP contribution >= 0.6 is 23.2 Å². The Morgan fingerprint density at radius 2 is 1.71 bits per heavy atom. The second-order valence-corrected chi connectivity index (χ2v) is 8.35. The van der Waals surface area contributed by atoms with E-state index in [1.54, 1.807) is 31.2 Å². The van der Waals surface area contributed by atoms with Crippen LogP contribution in [0, 0.1) is 20.8 Å². The summed E-state index contributed by atoms with van der Waals surface area (Å²) in [5.41, 5.74) is 2.63. The number of aryl methyl sites for hydroxylation is 3. The summed E-state index contributed by atoms with van der Waals surface area (Å²) in [7, 11) is 0. The first kappa shape index (κ1) is 21.2. The highest BCUT2D eigenvalue weighted by atomic mass is 35.5. The third kappa shape index (κ3) is 3.64. The van der Waals surface area contributed by atoms with Crippen LogP contribution < -0.4 is 4.90 Å². The molecule has 1 fully saturated rings. The smallest absolute Gasteiger partial charge is 0.300 e. The van der Waals surface area contributed by atoms with Crippen molar-refractivity contribution in [1.29, 1.82) is 0 Å². The molecule has 0 radical (unpaired) electrons. The van der Waals surface area contributed by atoms with Crippen molar-refractivity contribution in [2.45, 2.75) is 26.8 Å². The SMILES string of the molecule is Cc1ccc(N2C(=O)C(=O)/C(=C(\O)c3ccc(Cl)c(Cl)c3)C2c2ccc(C)o2)c(C)c1. The number of Topliss-reactive ketones (excluding diaryl/α,β-unsaturated/α-hetero) is 1. The highest BCUT2D eigenvalue weighted by molar-refractivity contribution is 6.51. The first-order chi connectivity index (χ1) is 14.7. The van der Waals surface area contributed by atoms with Crippen LogP contribution in [0.4, 0.5) is 5.69 Å². The number of rotatable bonds is 3. The molecule has 1 amide bonds. The molecule has 1 aromatic heterocycles. The number of halogens is 2. The average molecular weight is 456 g/mol. The summed E-state index contributed by atoms with van der Waals surface area (Å²) in [6.07, 6.45) is 0. The number of hydrogen-bond donors (Lipinski definition) is 1. The molecule has 0 bridgehead atoms. The third-order valence-corrected chi connectivity index (χ3v) is 6.02. The summed E-state index contributed by atoms with van der Waals surface area (Å²) < 4.78 is 5.80. The van der Waals surface area contributed by atoms with E-state index in [0.717, 1.165) is 11.1 Å². The molecule has 31 heavy (non-hydrogen) atoms. The highest BCUT2D eigenvalue weighted by Crippen LogP contribution is 2.44. The number of benzene rings is 2. The Morgan fingerprint density at radius 1 is 0.968 bits per heavy atom. The lowest BCUT2D eigenvalue weighted by Gasteiger charge is -2.25. The number of carbonyl (C=O) groups excluding carboxylic acids is 2. The summed E-state index contributed by atoms with van der Waals surface area (Å²) in [6.45, 7) is 5.58. The van der Waals surface area contributed by atoms with E-state index in [4.69, 9.17) is 27.6 Å². The van der Waals surface area contributed by atoms with E-state index < -0.39 is 17.7 Å². The quantitative estimate of drug-likeness (QED) is 0.292. The summed E-state index contributed by atoms with van der Waals surface area (Å²) in [5.74, 6) is -0.896. The van der Waals surface area contributed by atoms with E-state index >= 15 is 0 Å². The Morgan fingerprint density at radius 3 is 2.32 bits per heavy atom. The highest BCUT2D eigenvalue weighted by Gasteiger charge is 2.48. The van der Waals surface area contributed by atoms with Gasteiger partial charge in [-0.25, -0.2) is 0 Å². The van der Waals surface area contributed by atoms with Gasteiger partial charge >= 0.3 is 0 Å². The fourth-order valence-corrected chi connectivity index (χ4v) is 4.12. The van der Waals surface area contributed by atoms with Crippen molar-refractivity contribution in [1.82, 2.24) is 0 Å². The number of furan rings is 1. The van der Waals surface area contributed by atoms with Gasteiger partial charge in [0, 0.05) is 11.3 Å². The summed E-state index contributed by atoms with van der Waals surface area (Å²) in [5, 5.41) is 11.6. The van der Waals surface area contributed by atoms with Gasteiger partial charge in [0.05, 0.1) is 15.6 Å². The van der Waals surface area contributed by atoms with Crippen LogP contribution in [0.5, 0.6) is 0 Å². The number of nitrogens with zero attached hydrogens (tertiary/aromatic N) is 1. The molecule has 1 aliphatic rings. The Kier molecular flexibility index (Phi) is 5.42. The minimum Gasteiger partial charge on any atom is -0.507 e. The second kappa shape index (κ2) is 7.91. The lowest BCUT2D eigenvalue weighted by atomic mass is 9.99. The number of hydrogen-bond acceptors (Lipinski definition) is 4. The molecule has 0 spiro atoms. The molecule has 3 aromatic rings. The standard InChI is InChI=1S/C24H19Cl2NO4/c1-12-4-8-18(13(2)10-12)27-21(19-9-5-14(3)31-19)20(23(29)24(27)30)22(28)15-6-7-16(25)17(26)11-15/h4-11,21,28H,1-3H3/b22-20-. The van der Waals surface area contributed by atoms with Gasteiger partial charge in [0.2, 0.25) is 0 Å². The number of amides is 1. The van der Waals surface area contributed by atoms with Crippen LogP contribution in [-0.4, -0.2) is 16.8 Å². The number of aliphatic hydroxyl groups is 1. The molecule has 1 atom stereocenters. The number of carbonyl (C=O) groups is 2. The first-order valence-electron chi connectivity index (χ1n) is 9.59. The Labute approximate surface area is 189 Å². The molecule has 4 rings (SSSR count). The van der Waals surface area contributed by atoms with Crippen LogP contribution in [0.15, 0.2) is 58.5 Å². The van der Waals surface area contributed by atoms with Crippen molar-refractivity contribution in [2.75, 3.05) is 4.90 Å². The van der Waals surface area contributed by atoms with Crippen LogP contribution in [0.3, 0.4) is 0 Å². The molecular formula is C24H19Cl2NO4. The molecule has 1 N–H and O–H groups in total. The van der Waals surface area contributed by atoms with Crippen molar-refractivity contribution in [3.63, 3.8) is 0 Å². The monoisotopic (exact) mass is 455 g/mol. The largest absolute Gasteiger partial charge is 0.507 e. The zero-order valence-corrected chi connectivity index (χ0v) is 18.6. The second-order valence-electron chi connectivity index (χ2n) is 7.54. The summed E-state index contributed by atoms with van der Waals surface area (Å²) in [6, 6.07) is 12.6. The van der Waals surface area contributed by atoms with Crippen molar-refractivity contribution < 1.29 is 19.1 Å². The molecule has 2 aromatic carbocycles. The van der Waals surface area contributed by atoms with E-state index in [1.165, 1.54) is 17.0 Å². The maximum Gasteiger partial charge on any atom is 0.300 e. The van der Waals surface area contributed by atoms with Crippen LogP contribution in [0.25, 0.3) is 5.76 Å². The Bertz CT molecular complexity index is 1260. The third-order valence-electron chi connectivity index (χ3n) is 5.28. The maximum atomic E-state index is 13.1. The Hall–Kier alpha value is -3.02. The molecule has 1 saturated heterocycles. The molecule has 0 aliphatic carbocycles. The molecule has 158 valence electrons. The van der Waals surface area contributed by atoms with Gasteiger partial charge in [-0.1, -0.05) is 40.9 Å². The zero-order valence-electron chi connectivity index (χ0n) is 17.1. The summed E-state index contributed by atoms with van der Waals surface area (Å²) in [4.78, 5) is 27.6. The van der Waals surface area contributed by atoms with Gasteiger partial charge in [-0.05, 0) is 62.7 Å². The van der Waals surface area contributed by atoms with Gasteiger partial charge < -0.3 is 9.52 Å². The van der Waals surface area contributed by atoms with E-state index in [-0.39, 0.29) is 21.9 Å². The molecule has 0 saturated carbocycles. The van der Waals surface area contributed by atoms with Crippen LogP contribution in [-0.2, 0) is 9.59 Å². The minimum absolute atomic E-state index is 0.0716. The van der Waals surface area contributed by atoms with Gasteiger partial charge in [0.25, 0.3) is 11.7 Å². The van der Waals surface area contributed by atoms with E-state index in [2.05, 4.69) is 0 Å². The Balaban J connectivity index is 1.96. The lowest BCUT2D eigenvalue weighted by Crippen LogP contribution is -2.30. The predicted molar refractivity (Wildman–Crippen MR) is 121 cm³/mol. The molecule has 1 unspecified atom stereocenters. The van der Waals surface area contributed by atoms with Crippen LogP contribution in [0.2, 0.25) is 10.0 Å². The maximum absolute atomic E-state index is 13.1. The first-order valence-corrected chi connectivity index (χ1v) is 10.3. The van der Waals surface area contributed by atoms with Gasteiger partial charge in [-0.15, -0.1) is 0 Å². The number of ketones is 1. The minimum atomic E-state index is -0.926. The number of anilines is 1. The molecular weight excluding hydrogens is 437 g/mol.